The number of primary amides is 1. The van der Waals surface area contributed by atoms with Crippen molar-refractivity contribution in [3.63, 3.8) is 0 Å². The zero-order valence-corrected chi connectivity index (χ0v) is 8.43. The summed E-state index contributed by atoms with van der Waals surface area (Å²) in [4.78, 5) is 10.4. The number of amides is 1. The number of carbonyl (C=O) groups excluding carboxylic acids is 1. The third kappa shape index (κ3) is 3.99. The van der Waals surface area contributed by atoms with Gasteiger partial charge in [0.05, 0.1) is 5.75 Å². The van der Waals surface area contributed by atoms with Crippen molar-refractivity contribution in [1.29, 1.82) is 0 Å². The van der Waals surface area contributed by atoms with Crippen LogP contribution < -0.4 is 5.73 Å². The molecule has 0 spiro atoms. The summed E-state index contributed by atoms with van der Waals surface area (Å²) in [6.45, 7) is 2.06. The highest BCUT2D eigenvalue weighted by Crippen LogP contribution is 2.12. The Hall–Kier alpha value is -0.960. The molecule has 1 aromatic rings. The lowest BCUT2D eigenvalue weighted by molar-refractivity contribution is -0.115. The van der Waals surface area contributed by atoms with Gasteiger partial charge in [-0.1, -0.05) is 29.8 Å². The molecule has 0 saturated carbocycles. The fourth-order valence-electron chi connectivity index (χ4n) is 0.954. The van der Waals surface area contributed by atoms with E-state index in [1.807, 2.05) is 0 Å². The molecule has 0 unspecified atom stereocenters. The molecule has 1 amide bonds. The number of benzene rings is 1. The molecule has 0 aliphatic rings. The number of carbonyl (C=O) groups is 1. The third-order valence-corrected chi connectivity index (χ3v) is 2.66. The molecular weight excluding hydrogens is 182 g/mol. The predicted molar refractivity (Wildman–Crippen MR) is 56.5 cm³/mol. The number of aryl methyl sites for hydroxylation is 1. The minimum atomic E-state index is -0.253. The van der Waals surface area contributed by atoms with Gasteiger partial charge in [0.2, 0.25) is 5.91 Å². The first-order valence-corrected chi connectivity index (χ1v) is 5.25. The van der Waals surface area contributed by atoms with Gasteiger partial charge in [-0.2, -0.15) is 0 Å². The fourth-order valence-corrected chi connectivity index (χ4v) is 1.69. The monoisotopic (exact) mass is 195 g/mol. The summed E-state index contributed by atoms with van der Waals surface area (Å²) in [5, 5.41) is 0. The Morgan fingerprint density at radius 3 is 2.54 bits per heavy atom. The van der Waals surface area contributed by atoms with E-state index in [0.29, 0.717) is 5.75 Å². The molecule has 0 heterocycles. The first kappa shape index (κ1) is 10.1. The van der Waals surface area contributed by atoms with Crippen LogP contribution in [-0.2, 0) is 10.5 Å². The van der Waals surface area contributed by atoms with Gasteiger partial charge in [-0.3, -0.25) is 4.79 Å². The topological polar surface area (TPSA) is 43.1 Å². The average molecular weight is 195 g/mol. The number of nitrogens with two attached hydrogens (primary N) is 1. The average Bonchev–Trinajstić information content (AvgIpc) is 2.08. The molecule has 0 fully saturated rings. The quantitative estimate of drug-likeness (QED) is 0.794. The second-order valence-corrected chi connectivity index (χ2v) is 3.93. The van der Waals surface area contributed by atoms with Crippen LogP contribution in [0, 0.1) is 6.92 Å². The summed E-state index contributed by atoms with van der Waals surface area (Å²) in [5.74, 6) is 0.994. The third-order valence-electron chi connectivity index (χ3n) is 1.63. The first-order chi connectivity index (χ1) is 6.18. The van der Waals surface area contributed by atoms with Crippen LogP contribution >= 0.6 is 11.8 Å². The van der Waals surface area contributed by atoms with Gasteiger partial charge in [0, 0.05) is 5.75 Å². The van der Waals surface area contributed by atoms with Crippen molar-refractivity contribution in [2.45, 2.75) is 12.7 Å². The standard InChI is InChI=1S/C10H13NOS/c1-8-2-4-9(5-3-8)6-13-7-10(11)12/h2-5H,6-7H2,1H3,(H2,11,12). The van der Waals surface area contributed by atoms with E-state index in [0.717, 1.165) is 5.75 Å². The van der Waals surface area contributed by atoms with E-state index in [1.54, 1.807) is 11.8 Å². The van der Waals surface area contributed by atoms with Crippen molar-refractivity contribution in [2.75, 3.05) is 5.75 Å². The Kier molecular flexibility index (Phi) is 3.83. The zero-order valence-electron chi connectivity index (χ0n) is 7.62. The van der Waals surface area contributed by atoms with Gasteiger partial charge in [-0.05, 0) is 12.5 Å². The highest BCUT2D eigenvalue weighted by atomic mass is 32.2. The molecule has 0 saturated heterocycles. The minimum absolute atomic E-state index is 0.253. The van der Waals surface area contributed by atoms with Crippen LogP contribution in [0.3, 0.4) is 0 Å². The normalized spacial score (nSPS) is 9.92. The number of hydrogen-bond donors (Lipinski definition) is 1. The van der Waals surface area contributed by atoms with Crippen LogP contribution in [0.4, 0.5) is 0 Å². The molecule has 2 nitrogen and oxygen atoms in total. The molecule has 70 valence electrons. The second kappa shape index (κ2) is 4.92. The van der Waals surface area contributed by atoms with Gasteiger partial charge in [-0.25, -0.2) is 0 Å². The lowest BCUT2D eigenvalue weighted by atomic mass is 10.2. The van der Waals surface area contributed by atoms with Crippen LogP contribution in [0.15, 0.2) is 24.3 Å². The molecule has 1 aromatic carbocycles. The molecule has 1 rings (SSSR count). The predicted octanol–water partition coefficient (Wildman–Crippen LogP) is 1.71. The fraction of sp³-hybridized carbons (Fsp3) is 0.300. The maximum Gasteiger partial charge on any atom is 0.227 e. The Balaban J connectivity index is 2.37. The van der Waals surface area contributed by atoms with E-state index in [1.165, 1.54) is 11.1 Å². The highest BCUT2D eigenvalue weighted by Gasteiger charge is 1.96. The summed E-state index contributed by atoms with van der Waals surface area (Å²) >= 11 is 1.55. The SMILES string of the molecule is Cc1ccc(CSCC(N)=O)cc1. The summed E-state index contributed by atoms with van der Waals surface area (Å²) in [5.41, 5.74) is 7.51. The van der Waals surface area contributed by atoms with Gasteiger partial charge in [0.25, 0.3) is 0 Å². The molecular formula is C10H13NOS. The molecule has 0 bridgehead atoms. The molecule has 0 aliphatic heterocycles. The van der Waals surface area contributed by atoms with E-state index < -0.39 is 0 Å². The van der Waals surface area contributed by atoms with E-state index in [4.69, 9.17) is 5.73 Å². The van der Waals surface area contributed by atoms with Gasteiger partial charge in [0.15, 0.2) is 0 Å². The Morgan fingerprint density at radius 1 is 1.38 bits per heavy atom. The van der Waals surface area contributed by atoms with Crippen LogP contribution in [0.5, 0.6) is 0 Å². The van der Waals surface area contributed by atoms with Gasteiger partial charge in [0.1, 0.15) is 0 Å². The van der Waals surface area contributed by atoms with E-state index >= 15 is 0 Å². The van der Waals surface area contributed by atoms with Crippen LogP contribution in [0.2, 0.25) is 0 Å². The maximum atomic E-state index is 10.4. The molecule has 0 aliphatic carbocycles. The van der Waals surface area contributed by atoms with Crippen LogP contribution in [0.25, 0.3) is 0 Å². The summed E-state index contributed by atoms with van der Waals surface area (Å²) in [7, 11) is 0. The minimum Gasteiger partial charge on any atom is -0.369 e. The number of rotatable bonds is 4. The Labute approximate surface area is 82.5 Å². The highest BCUT2D eigenvalue weighted by molar-refractivity contribution is 7.99. The number of hydrogen-bond acceptors (Lipinski definition) is 2. The zero-order chi connectivity index (χ0) is 9.68. The molecule has 0 aromatic heterocycles. The van der Waals surface area contributed by atoms with Crippen molar-refractivity contribution in [2.24, 2.45) is 5.73 Å². The molecule has 0 atom stereocenters. The first-order valence-electron chi connectivity index (χ1n) is 4.10. The summed E-state index contributed by atoms with van der Waals surface area (Å²) in [6, 6.07) is 8.28. The van der Waals surface area contributed by atoms with Crippen LogP contribution in [0.1, 0.15) is 11.1 Å². The Bertz CT molecular complexity index is 281. The second-order valence-electron chi connectivity index (χ2n) is 2.94. The van der Waals surface area contributed by atoms with Crippen molar-refractivity contribution >= 4 is 17.7 Å². The van der Waals surface area contributed by atoms with Gasteiger partial charge < -0.3 is 5.73 Å². The molecule has 0 radical (unpaired) electrons. The van der Waals surface area contributed by atoms with Crippen molar-refractivity contribution in [3.8, 4) is 0 Å². The summed E-state index contributed by atoms with van der Waals surface area (Å²) in [6.07, 6.45) is 0. The van der Waals surface area contributed by atoms with E-state index in [9.17, 15) is 4.79 Å². The van der Waals surface area contributed by atoms with Crippen molar-refractivity contribution in [1.82, 2.24) is 0 Å². The van der Waals surface area contributed by atoms with Crippen molar-refractivity contribution in [3.05, 3.63) is 35.4 Å². The summed E-state index contributed by atoms with van der Waals surface area (Å²) < 4.78 is 0. The Morgan fingerprint density at radius 2 is 2.00 bits per heavy atom. The molecule has 2 N–H and O–H groups in total. The lowest BCUT2D eigenvalue weighted by Crippen LogP contribution is -2.13. The lowest BCUT2D eigenvalue weighted by Gasteiger charge is -2.00. The smallest absolute Gasteiger partial charge is 0.227 e. The maximum absolute atomic E-state index is 10.4. The number of thioether (sulfide) groups is 1. The van der Waals surface area contributed by atoms with E-state index in [2.05, 4.69) is 31.2 Å². The van der Waals surface area contributed by atoms with E-state index in [-0.39, 0.29) is 5.91 Å². The van der Waals surface area contributed by atoms with Crippen molar-refractivity contribution < 1.29 is 4.79 Å². The van der Waals surface area contributed by atoms with Gasteiger partial charge >= 0.3 is 0 Å². The van der Waals surface area contributed by atoms with Crippen LogP contribution in [-0.4, -0.2) is 11.7 Å². The molecule has 3 heteroatoms. The van der Waals surface area contributed by atoms with Gasteiger partial charge in [-0.15, -0.1) is 11.8 Å². The molecule has 13 heavy (non-hydrogen) atoms. The largest absolute Gasteiger partial charge is 0.369 e.